The molecule has 9 heteroatoms. The lowest BCUT2D eigenvalue weighted by Crippen LogP contribution is -2.42. The molecule has 1 atom stereocenters. The van der Waals surface area contributed by atoms with Gasteiger partial charge >= 0.3 is 6.09 Å². The highest BCUT2D eigenvalue weighted by Crippen LogP contribution is 2.16. The summed E-state index contributed by atoms with van der Waals surface area (Å²) in [7, 11) is 0. The van der Waals surface area contributed by atoms with E-state index in [1.807, 2.05) is 6.92 Å². The Bertz CT molecular complexity index is 559. The second-order valence-corrected chi connectivity index (χ2v) is 6.29. The van der Waals surface area contributed by atoms with Crippen LogP contribution < -0.4 is 10.6 Å². The molecule has 1 aromatic rings. The van der Waals surface area contributed by atoms with Gasteiger partial charge in [-0.15, -0.1) is 5.10 Å². The summed E-state index contributed by atoms with van der Waals surface area (Å²) in [5, 5.41) is 14.6. The largest absolute Gasteiger partial charge is 0.450 e. The highest BCUT2D eigenvalue weighted by atomic mass is 16.6. The number of nitrogens with zero attached hydrogens (tertiary/aromatic N) is 4. The van der Waals surface area contributed by atoms with Gasteiger partial charge in [0.2, 0.25) is 5.95 Å². The first-order chi connectivity index (χ1) is 12.2. The number of carbonyl (C=O) groups is 1. The molecule has 0 spiro atoms. The van der Waals surface area contributed by atoms with Gasteiger partial charge in [0.1, 0.15) is 0 Å². The first-order valence-electron chi connectivity index (χ1n) is 8.98. The van der Waals surface area contributed by atoms with Crippen LogP contribution in [0.2, 0.25) is 0 Å². The number of rotatable bonds is 6. The first kappa shape index (κ1) is 17.7. The summed E-state index contributed by atoms with van der Waals surface area (Å²) < 4.78 is 10.6. The van der Waals surface area contributed by atoms with Crippen molar-refractivity contribution in [2.45, 2.75) is 44.8 Å². The molecule has 3 heterocycles. The minimum atomic E-state index is -0.237. The third-order valence-corrected chi connectivity index (χ3v) is 4.45. The average Bonchev–Trinajstić information content (AvgIpc) is 3.15. The SMILES string of the molecule is CCOC(=O)N1CCC(Nc2nncc(NCC3CCCO3)n2)CC1. The Labute approximate surface area is 147 Å². The van der Waals surface area contributed by atoms with Crippen LogP contribution in [-0.2, 0) is 9.47 Å². The molecule has 0 bridgehead atoms. The van der Waals surface area contributed by atoms with Gasteiger partial charge < -0.3 is 25.0 Å². The molecule has 2 aliphatic heterocycles. The standard InChI is InChI=1S/C16H26N6O3/c1-2-24-16(23)22-7-5-12(6-8-22)19-15-20-14(11-18-21-15)17-10-13-4-3-9-25-13/h11-13H,2-10H2,1H3,(H2,17,19,20,21). The van der Waals surface area contributed by atoms with Crippen LogP contribution in [0.1, 0.15) is 32.6 Å². The molecule has 0 radical (unpaired) electrons. The van der Waals surface area contributed by atoms with Crippen molar-refractivity contribution in [3.8, 4) is 0 Å². The number of ether oxygens (including phenoxy) is 2. The van der Waals surface area contributed by atoms with Crippen LogP contribution >= 0.6 is 0 Å². The summed E-state index contributed by atoms with van der Waals surface area (Å²) in [4.78, 5) is 17.9. The van der Waals surface area contributed by atoms with E-state index in [9.17, 15) is 4.79 Å². The van der Waals surface area contributed by atoms with Crippen LogP contribution in [0.15, 0.2) is 6.20 Å². The number of carbonyl (C=O) groups excluding carboxylic acids is 1. The third kappa shape index (κ3) is 5.15. The highest BCUT2D eigenvalue weighted by molar-refractivity contribution is 5.67. The van der Waals surface area contributed by atoms with Crippen LogP contribution in [-0.4, -0.2) is 71.2 Å². The molecule has 2 saturated heterocycles. The molecule has 0 saturated carbocycles. The zero-order valence-corrected chi connectivity index (χ0v) is 14.6. The van der Waals surface area contributed by atoms with E-state index in [0.717, 1.165) is 38.8 Å². The fourth-order valence-electron chi connectivity index (χ4n) is 3.08. The van der Waals surface area contributed by atoms with Crippen LogP contribution in [0.4, 0.5) is 16.6 Å². The molecule has 1 aromatic heterocycles. The number of likely N-dealkylation sites (tertiary alicyclic amines) is 1. The van der Waals surface area contributed by atoms with Gasteiger partial charge in [-0.2, -0.15) is 10.1 Å². The van der Waals surface area contributed by atoms with E-state index in [2.05, 4.69) is 25.8 Å². The van der Waals surface area contributed by atoms with Crippen molar-refractivity contribution in [2.24, 2.45) is 0 Å². The highest BCUT2D eigenvalue weighted by Gasteiger charge is 2.24. The van der Waals surface area contributed by atoms with E-state index < -0.39 is 0 Å². The monoisotopic (exact) mass is 350 g/mol. The number of amides is 1. The lowest BCUT2D eigenvalue weighted by Gasteiger charge is -2.31. The Morgan fingerprint density at radius 1 is 1.40 bits per heavy atom. The molecule has 25 heavy (non-hydrogen) atoms. The summed E-state index contributed by atoms with van der Waals surface area (Å²) in [6, 6.07) is 0.223. The zero-order chi connectivity index (χ0) is 17.5. The normalized spacial score (nSPS) is 21.2. The molecule has 2 fully saturated rings. The van der Waals surface area contributed by atoms with E-state index in [1.165, 1.54) is 0 Å². The van der Waals surface area contributed by atoms with Crippen molar-refractivity contribution >= 4 is 17.9 Å². The summed E-state index contributed by atoms with van der Waals surface area (Å²) in [6.07, 6.45) is 5.48. The molecule has 0 aromatic carbocycles. The van der Waals surface area contributed by atoms with Gasteiger partial charge in [0.05, 0.1) is 18.9 Å². The van der Waals surface area contributed by atoms with E-state index >= 15 is 0 Å². The quantitative estimate of drug-likeness (QED) is 0.796. The smallest absolute Gasteiger partial charge is 0.409 e. The molecule has 2 N–H and O–H groups in total. The molecule has 138 valence electrons. The van der Waals surface area contributed by atoms with Crippen LogP contribution in [0.25, 0.3) is 0 Å². The topological polar surface area (TPSA) is 102 Å². The van der Waals surface area contributed by atoms with Gasteiger partial charge in [0, 0.05) is 32.3 Å². The molecular weight excluding hydrogens is 324 g/mol. The molecule has 1 amide bonds. The Morgan fingerprint density at radius 2 is 2.24 bits per heavy atom. The summed E-state index contributed by atoms with van der Waals surface area (Å²) in [6.45, 7) is 5.13. The van der Waals surface area contributed by atoms with Crippen molar-refractivity contribution in [3.63, 3.8) is 0 Å². The van der Waals surface area contributed by atoms with Crippen molar-refractivity contribution in [1.29, 1.82) is 0 Å². The second kappa shape index (κ2) is 8.80. The van der Waals surface area contributed by atoms with E-state index in [-0.39, 0.29) is 18.2 Å². The molecule has 3 rings (SSSR count). The first-order valence-corrected chi connectivity index (χ1v) is 8.98. The van der Waals surface area contributed by atoms with E-state index in [0.29, 0.717) is 31.5 Å². The van der Waals surface area contributed by atoms with Gasteiger partial charge in [0.25, 0.3) is 0 Å². The third-order valence-electron chi connectivity index (χ3n) is 4.45. The lowest BCUT2D eigenvalue weighted by molar-refractivity contribution is 0.0983. The molecule has 2 aliphatic rings. The van der Waals surface area contributed by atoms with Crippen molar-refractivity contribution in [1.82, 2.24) is 20.1 Å². The predicted molar refractivity (Wildman–Crippen MR) is 92.5 cm³/mol. The van der Waals surface area contributed by atoms with Gasteiger partial charge in [0.15, 0.2) is 5.82 Å². The zero-order valence-electron chi connectivity index (χ0n) is 14.6. The predicted octanol–water partition coefficient (Wildman–Crippen LogP) is 1.50. The number of hydrogen-bond donors (Lipinski definition) is 2. The van der Waals surface area contributed by atoms with E-state index in [4.69, 9.17) is 9.47 Å². The Kier molecular flexibility index (Phi) is 6.21. The van der Waals surface area contributed by atoms with Gasteiger partial charge in [-0.25, -0.2) is 4.79 Å². The maximum absolute atomic E-state index is 11.7. The number of anilines is 2. The minimum Gasteiger partial charge on any atom is -0.450 e. The molecule has 9 nitrogen and oxygen atoms in total. The molecule has 1 unspecified atom stereocenters. The maximum Gasteiger partial charge on any atom is 0.409 e. The fourth-order valence-corrected chi connectivity index (χ4v) is 3.08. The number of nitrogens with one attached hydrogen (secondary N) is 2. The van der Waals surface area contributed by atoms with Crippen LogP contribution in [0.5, 0.6) is 0 Å². The Hall–Kier alpha value is -2.16. The average molecular weight is 350 g/mol. The van der Waals surface area contributed by atoms with Crippen LogP contribution in [0, 0.1) is 0 Å². The van der Waals surface area contributed by atoms with Gasteiger partial charge in [-0.3, -0.25) is 0 Å². The number of piperidine rings is 1. The lowest BCUT2D eigenvalue weighted by atomic mass is 10.1. The summed E-state index contributed by atoms with van der Waals surface area (Å²) >= 11 is 0. The summed E-state index contributed by atoms with van der Waals surface area (Å²) in [5.74, 6) is 1.20. The second-order valence-electron chi connectivity index (χ2n) is 6.29. The number of hydrogen-bond acceptors (Lipinski definition) is 8. The minimum absolute atomic E-state index is 0.223. The molecular formula is C16H26N6O3. The van der Waals surface area contributed by atoms with E-state index in [1.54, 1.807) is 11.1 Å². The van der Waals surface area contributed by atoms with Gasteiger partial charge in [-0.05, 0) is 32.6 Å². The molecule has 0 aliphatic carbocycles. The Morgan fingerprint density at radius 3 is 2.96 bits per heavy atom. The van der Waals surface area contributed by atoms with Crippen molar-refractivity contribution < 1.29 is 14.3 Å². The van der Waals surface area contributed by atoms with Crippen molar-refractivity contribution in [2.75, 3.05) is 43.5 Å². The Balaban J connectivity index is 1.45. The van der Waals surface area contributed by atoms with Gasteiger partial charge in [-0.1, -0.05) is 0 Å². The van der Waals surface area contributed by atoms with Crippen molar-refractivity contribution in [3.05, 3.63) is 6.20 Å². The maximum atomic E-state index is 11.7. The number of aromatic nitrogens is 3. The van der Waals surface area contributed by atoms with Crippen LogP contribution in [0.3, 0.4) is 0 Å². The summed E-state index contributed by atoms with van der Waals surface area (Å²) in [5.41, 5.74) is 0. The fraction of sp³-hybridized carbons (Fsp3) is 0.750.